The molecule has 114 valence electrons. The van der Waals surface area contributed by atoms with E-state index in [-0.39, 0.29) is 28.0 Å². The highest BCUT2D eigenvalue weighted by atomic mass is 35.5. The summed E-state index contributed by atoms with van der Waals surface area (Å²) in [6.07, 6.45) is 0.974. The lowest BCUT2D eigenvalue weighted by molar-refractivity contribution is -0.137. The number of nitrogens with one attached hydrogen (secondary N) is 1. The minimum atomic E-state index is -0.986. The Morgan fingerprint density at radius 3 is 2.64 bits per heavy atom. The summed E-state index contributed by atoms with van der Waals surface area (Å²) in [6, 6.07) is 2.68. The number of nitrogens with zero attached hydrogens (tertiary/aromatic N) is 2. The molecule has 0 fully saturated rings. The highest BCUT2D eigenvalue weighted by Gasteiger charge is 2.31. The number of benzene rings is 1. The number of aliphatic hydroxyl groups is 1. The van der Waals surface area contributed by atoms with E-state index in [0.717, 1.165) is 17.0 Å². The molecule has 0 atom stereocenters. The molecule has 0 saturated carbocycles. The highest BCUT2D eigenvalue weighted by molar-refractivity contribution is 6.37. The monoisotopic (exact) mass is 343 g/mol. The molecule has 0 radical (unpaired) electrons. The van der Waals surface area contributed by atoms with E-state index in [1.807, 2.05) is 0 Å². The fourth-order valence-electron chi connectivity index (χ4n) is 1.87. The molecule has 9 heteroatoms. The fourth-order valence-corrected chi connectivity index (χ4v) is 2.38. The van der Waals surface area contributed by atoms with Crippen LogP contribution in [0, 0.1) is 17.1 Å². The molecule has 1 aliphatic rings. The molecule has 1 aliphatic heterocycles. The van der Waals surface area contributed by atoms with E-state index in [9.17, 15) is 14.0 Å². The minimum absolute atomic E-state index is 0.0790. The number of carbonyl (C=O) groups excluding carboxylic acids is 2. The van der Waals surface area contributed by atoms with E-state index in [2.05, 4.69) is 5.32 Å². The van der Waals surface area contributed by atoms with Gasteiger partial charge in [0.2, 0.25) is 0 Å². The molecule has 0 unspecified atom stereocenters. The Kier molecular flexibility index (Phi) is 4.66. The first kappa shape index (κ1) is 16.2. The van der Waals surface area contributed by atoms with Gasteiger partial charge in [0.05, 0.1) is 28.9 Å². The maximum Gasteiger partial charge on any atom is 0.277 e. The third-order valence-corrected chi connectivity index (χ3v) is 3.45. The second-order valence-electron chi connectivity index (χ2n) is 4.22. The first-order valence-corrected chi connectivity index (χ1v) is 6.69. The average Bonchev–Trinajstić information content (AvgIpc) is 2.73. The number of carbonyl (C=O) groups is 2. The average molecular weight is 344 g/mol. The summed E-state index contributed by atoms with van der Waals surface area (Å²) in [6.45, 7) is -0.564. The Morgan fingerprint density at radius 2 is 2.05 bits per heavy atom. The van der Waals surface area contributed by atoms with Gasteiger partial charge < -0.3 is 10.4 Å². The zero-order valence-corrected chi connectivity index (χ0v) is 12.4. The smallest absolute Gasteiger partial charge is 0.277 e. The highest BCUT2D eigenvalue weighted by Crippen LogP contribution is 2.34. The first-order chi connectivity index (χ1) is 10.4. The molecular formula is C13H8Cl2FN3O3. The number of nitriles is 1. The zero-order chi connectivity index (χ0) is 16.4. The predicted molar refractivity (Wildman–Crippen MR) is 76.6 cm³/mol. The second kappa shape index (κ2) is 6.32. The molecule has 2 amide bonds. The van der Waals surface area contributed by atoms with Crippen molar-refractivity contribution in [1.82, 2.24) is 4.90 Å². The maximum absolute atomic E-state index is 13.8. The van der Waals surface area contributed by atoms with E-state index in [1.54, 1.807) is 6.07 Å². The van der Waals surface area contributed by atoms with Crippen LogP contribution in [-0.2, 0) is 9.59 Å². The van der Waals surface area contributed by atoms with E-state index >= 15 is 0 Å². The van der Waals surface area contributed by atoms with Gasteiger partial charge in [-0.25, -0.2) is 4.39 Å². The van der Waals surface area contributed by atoms with Crippen LogP contribution in [0.2, 0.25) is 10.0 Å². The van der Waals surface area contributed by atoms with Gasteiger partial charge in [0.1, 0.15) is 17.3 Å². The third kappa shape index (κ3) is 2.76. The predicted octanol–water partition coefficient (Wildman–Crippen LogP) is 1.66. The van der Waals surface area contributed by atoms with Crippen molar-refractivity contribution in [3.63, 3.8) is 0 Å². The third-order valence-electron chi connectivity index (χ3n) is 2.88. The Bertz CT molecular complexity index is 743. The lowest BCUT2D eigenvalue weighted by atomic mass is 10.1. The number of imide groups is 1. The molecule has 0 bridgehead atoms. The molecule has 1 heterocycles. The van der Waals surface area contributed by atoms with Gasteiger partial charge in [0, 0.05) is 6.08 Å². The van der Waals surface area contributed by atoms with Gasteiger partial charge in [-0.2, -0.15) is 5.26 Å². The van der Waals surface area contributed by atoms with Crippen LogP contribution in [0.25, 0.3) is 0 Å². The van der Waals surface area contributed by atoms with E-state index in [4.69, 9.17) is 33.6 Å². The lowest BCUT2D eigenvalue weighted by Gasteiger charge is -2.15. The van der Waals surface area contributed by atoms with E-state index < -0.39 is 29.8 Å². The molecule has 2 rings (SSSR count). The molecule has 0 aliphatic carbocycles. The van der Waals surface area contributed by atoms with Crippen molar-refractivity contribution in [1.29, 1.82) is 5.26 Å². The van der Waals surface area contributed by atoms with Crippen molar-refractivity contribution in [3.8, 4) is 6.07 Å². The summed E-state index contributed by atoms with van der Waals surface area (Å²) >= 11 is 11.5. The van der Waals surface area contributed by atoms with E-state index in [0.29, 0.717) is 0 Å². The van der Waals surface area contributed by atoms with Crippen LogP contribution >= 0.6 is 23.2 Å². The van der Waals surface area contributed by atoms with Gasteiger partial charge in [-0.15, -0.1) is 0 Å². The number of β-amino-alcohol motifs (C(OH)–C–C–N with tert-alkyl or cyclic N) is 1. The van der Waals surface area contributed by atoms with Crippen molar-refractivity contribution >= 4 is 40.7 Å². The second-order valence-corrected chi connectivity index (χ2v) is 5.03. The van der Waals surface area contributed by atoms with Crippen molar-refractivity contribution in [3.05, 3.63) is 39.3 Å². The molecule has 6 nitrogen and oxygen atoms in total. The van der Waals surface area contributed by atoms with Crippen molar-refractivity contribution < 1.29 is 19.1 Å². The number of rotatable bonds is 4. The zero-order valence-electron chi connectivity index (χ0n) is 10.9. The van der Waals surface area contributed by atoms with Crippen LogP contribution in [0.15, 0.2) is 17.8 Å². The Morgan fingerprint density at radius 1 is 1.36 bits per heavy atom. The van der Waals surface area contributed by atoms with Crippen LogP contribution in [0.4, 0.5) is 10.1 Å². The maximum atomic E-state index is 13.8. The van der Waals surface area contributed by atoms with Gasteiger partial charge in [-0.3, -0.25) is 14.5 Å². The SMILES string of the molecule is N#Cc1c(F)c(Cl)cc(Cl)c1NC1=CC(=O)N(CCO)C1=O. The van der Waals surface area contributed by atoms with Crippen molar-refractivity contribution in [2.24, 2.45) is 0 Å². The number of hydrogen-bond acceptors (Lipinski definition) is 5. The van der Waals surface area contributed by atoms with Gasteiger partial charge in [0.15, 0.2) is 5.82 Å². The number of aliphatic hydroxyl groups excluding tert-OH is 1. The normalized spacial score (nSPS) is 14.1. The number of anilines is 1. The molecule has 1 aromatic rings. The van der Waals surface area contributed by atoms with Gasteiger partial charge >= 0.3 is 0 Å². The van der Waals surface area contributed by atoms with Crippen molar-refractivity contribution in [2.45, 2.75) is 0 Å². The van der Waals surface area contributed by atoms with Gasteiger partial charge in [-0.1, -0.05) is 23.2 Å². The van der Waals surface area contributed by atoms with Crippen LogP contribution < -0.4 is 5.32 Å². The number of hydrogen-bond donors (Lipinski definition) is 2. The summed E-state index contributed by atoms with van der Waals surface area (Å²) in [5.41, 5.74) is -0.817. The largest absolute Gasteiger partial charge is 0.395 e. The molecule has 1 aromatic carbocycles. The van der Waals surface area contributed by atoms with Crippen LogP contribution in [-0.4, -0.2) is 35.0 Å². The lowest BCUT2D eigenvalue weighted by Crippen LogP contribution is -2.34. The van der Waals surface area contributed by atoms with Crippen LogP contribution in [0.3, 0.4) is 0 Å². The molecule has 22 heavy (non-hydrogen) atoms. The van der Waals surface area contributed by atoms with Crippen LogP contribution in [0.1, 0.15) is 5.56 Å². The Labute approximate surface area is 134 Å². The van der Waals surface area contributed by atoms with Gasteiger partial charge in [0.25, 0.3) is 11.8 Å². The molecule has 2 N–H and O–H groups in total. The molecule has 0 saturated heterocycles. The summed E-state index contributed by atoms with van der Waals surface area (Å²) < 4.78 is 13.8. The number of halogens is 3. The summed E-state index contributed by atoms with van der Waals surface area (Å²) in [4.78, 5) is 24.4. The quantitative estimate of drug-likeness (QED) is 0.640. The van der Waals surface area contributed by atoms with Crippen LogP contribution in [0.5, 0.6) is 0 Å². The molecule has 0 spiro atoms. The van der Waals surface area contributed by atoms with Gasteiger partial charge in [-0.05, 0) is 6.07 Å². The Hall–Kier alpha value is -2.14. The summed E-state index contributed by atoms with van der Waals surface area (Å²) in [5.74, 6) is -2.33. The topological polar surface area (TPSA) is 93.4 Å². The standard InChI is InChI=1S/C13H8Cl2FN3O3/c14-7-3-8(15)12(6(5-17)11(7)16)18-9-4-10(21)19(1-2-20)13(9)22/h3-4,18,20H,1-2H2. The fraction of sp³-hybridized carbons (Fsp3) is 0.154. The van der Waals surface area contributed by atoms with E-state index in [1.165, 1.54) is 0 Å². The Balaban J connectivity index is 2.39. The summed E-state index contributed by atoms with van der Waals surface area (Å²) in [7, 11) is 0. The van der Waals surface area contributed by atoms with Crippen molar-refractivity contribution in [2.75, 3.05) is 18.5 Å². The molecular weight excluding hydrogens is 336 g/mol. The minimum Gasteiger partial charge on any atom is -0.395 e. The number of amides is 2. The first-order valence-electron chi connectivity index (χ1n) is 5.93. The molecule has 0 aromatic heterocycles. The summed E-state index contributed by atoms with van der Waals surface area (Å²) in [5, 5.41) is 19.9.